The van der Waals surface area contributed by atoms with Crippen LogP contribution in [0.4, 0.5) is 0 Å². The maximum atomic E-state index is 12.7. The van der Waals surface area contributed by atoms with E-state index < -0.39 is 6.04 Å². The van der Waals surface area contributed by atoms with Gasteiger partial charge in [0.25, 0.3) is 0 Å². The summed E-state index contributed by atoms with van der Waals surface area (Å²) < 4.78 is 5.22. The van der Waals surface area contributed by atoms with Crippen molar-refractivity contribution in [3.05, 3.63) is 65.2 Å². The lowest BCUT2D eigenvalue weighted by molar-refractivity contribution is -0.154. The maximum absolute atomic E-state index is 12.7. The third kappa shape index (κ3) is 3.65. The van der Waals surface area contributed by atoms with Gasteiger partial charge in [0.2, 0.25) is 5.91 Å². The van der Waals surface area contributed by atoms with Crippen molar-refractivity contribution in [2.75, 3.05) is 13.7 Å². The fourth-order valence-corrected chi connectivity index (χ4v) is 4.21. The number of methoxy groups -OCH3 is 1. The van der Waals surface area contributed by atoms with Gasteiger partial charge in [-0.2, -0.15) is 5.26 Å². The van der Waals surface area contributed by atoms with Gasteiger partial charge in [0.15, 0.2) is 0 Å². The van der Waals surface area contributed by atoms with E-state index in [-0.39, 0.29) is 30.4 Å². The SMILES string of the molecule is COc1cccc(C#Cc2ccc([C@H]3[C@H](C#N)N(C(=O)C4CCC4)[C@H]3CO)cc2)c1. The average Bonchev–Trinajstić information content (AvgIpc) is 2.72. The molecule has 1 heterocycles. The standard InChI is InChI=1S/C25H24N2O3/c1-30-21-7-2-4-18(14-21)9-8-17-10-12-19(13-11-17)24-22(15-26)27(23(24)16-28)25(29)20-5-3-6-20/h2,4,7,10-14,20,22-24,28H,3,5-6,16H2,1H3/t22-,23-,24-/m0/s1. The number of nitrogens with zero attached hydrogens (tertiary/aromatic N) is 2. The molecule has 1 saturated heterocycles. The highest BCUT2D eigenvalue weighted by Gasteiger charge is 2.53. The third-order valence-electron chi connectivity index (χ3n) is 6.16. The minimum Gasteiger partial charge on any atom is -0.497 e. The lowest BCUT2D eigenvalue weighted by Crippen LogP contribution is -2.66. The first-order valence-corrected chi connectivity index (χ1v) is 10.2. The highest BCUT2D eigenvalue weighted by Crippen LogP contribution is 2.43. The van der Waals surface area contributed by atoms with E-state index in [0.717, 1.165) is 41.7 Å². The predicted molar refractivity (Wildman–Crippen MR) is 113 cm³/mol. The van der Waals surface area contributed by atoms with E-state index in [1.54, 1.807) is 12.0 Å². The van der Waals surface area contributed by atoms with Crippen LogP contribution in [0.1, 0.15) is 41.9 Å². The summed E-state index contributed by atoms with van der Waals surface area (Å²) in [5.74, 6) is 6.89. The predicted octanol–water partition coefficient (Wildman–Crippen LogP) is 3.07. The molecule has 1 aliphatic heterocycles. The van der Waals surface area contributed by atoms with E-state index in [0.29, 0.717) is 0 Å². The Hall–Kier alpha value is -3.28. The van der Waals surface area contributed by atoms with Crippen molar-refractivity contribution in [2.45, 2.75) is 37.3 Å². The van der Waals surface area contributed by atoms with Gasteiger partial charge < -0.3 is 14.7 Å². The van der Waals surface area contributed by atoms with E-state index in [2.05, 4.69) is 17.9 Å². The number of hydrogen-bond acceptors (Lipinski definition) is 4. The minimum absolute atomic E-state index is 0.0175. The highest BCUT2D eigenvalue weighted by molar-refractivity contribution is 5.82. The number of ether oxygens (including phenoxy) is 1. The number of carbonyl (C=O) groups is 1. The molecule has 2 aromatic carbocycles. The molecule has 0 unspecified atom stereocenters. The Morgan fingerprint density at radius 2 is 1.90 bits per heavy atom. The normalized spacial score (nSPS) is 22.7. The van der Waals surface area contributed by atoms with Gasteiger partial charge in [-0.15, -0.1) is 0 Å². The Labute approximate surface area is 176 Å². The Kier molecular flexibility index (Phi) is 5.74. The summed E-state index contributed by atoms with van der Waals surface area (Å²) in [6.07, 6.45) is 2.83. The molecule has 0 aromatic heterocycles. The minimum atomic E-state index is -0.524. The second kappa shape index (κ2) is 8.61. The van der Waals surface area contributed by atoms with E-state index in [9.17, 15) is 15.2 Å². The van der Waals surface area contributed by atoms with Crippen LogP contribution in [-0.4, -0.2) is 41.7 Å². The lowest BCUT2D eigenvalue weighted by Gasteiger charge is -2.53. The zero-order chi connectivity index (χ0) is 21.1. The van der Waals surface area contributed by atoms with Crippen molar-refractivity contribution in [1.29, 1.82) is 5.26 Å². The molecule has 2 fully saturated rings. The van der Waals surface area contributed by atoms with Crippen LogP contribution < -0.4 is 4.74 Å². The van der Waals surface area contributed by atoms with Gasteiger partial charge in [-0.25, -0.2) is 0 Å². The Morgan fingerprint density at radius 3 is 2.50 bits per heavy atom. The van der Waals surface area contributed by atoms with Crippen LogP contribution in [0.2, 0.25) is 0 Å². The van der Waals surface area contributed by atoms with Gasteiger partial charge >= 0.3 is 0 Å². The van der Waals surface area contributed by atoms with Crippen LogP contribution in [0, 0.1) is 29.1 Å². The van der Waals surface area contributed by atoms with Gasteiger partial charge in [0, 0.05) is 23.0 Å². The molecule has 0 spiro atoms. The Morgan fingerprint density at radius 1 is 1.17 bits per heavy atom. The van der Waals surface area contributed by atoms with E-state index in [4.69, 9.17) is 4.74 Å². The van der Waals surface area contributed by atoms with Gasteiger partial charge in [-0.05, 0) is 48.7 Å². The molecule has 1 aliphatic carbocycles. The van der Waals surface area contributed by atoms with E-state index in [1.807, 2.05) is 48.5 Å². The summed E-state index contributed by atoms with van der Waals surface area (Å²) in [6.45, 7) is -0.140. The Balaban J connectivity index is 1.50. The van der Waals surface area contributed by atoms with Gasteiger partial charge in [-0.1, -0.05) is 36.5 Å². The first-order chi connectivity index (χ1) is 14.7. The fraction of sp³-hybridized carbons (Fsp3) is 0.360. The number of nitriles is 1. The largest absolute Gasteiger partial charge is 0.497 e. The van der Waals surface area contributed by atoms with Crippen LogP contribution in [0.3, 0.4) is 0 Å². The second-order valence-electron chi connectivity index (χ2n) is 7.83. The molecule has 30 heavy (non-hydrogen) atoms. The molecule has 1 saturated carbocycles. The second-order valence-corrected chi connectivity index (χ2v) is 7.83. The van der Waals surface area contributed by atoms with Gasteiger partial charge in [0.05, 0.1) is 25.8 Å². The number of likely N-dealkylation sites (tertiary alicyclic amines) is 1. The van der Waals surface area contributed by atoms with Crippen molar-refractivity contribution in [3.63, 3.8) is 0 Å². The molecule has 5 heteroatoms. The maximum Gasteiger partial charge on any atom is 0.227 e. The molecule has 3 atom stereocenters. The van der Waals surface area contributed by atoms with Crippen LogP contribution in [0.5, 0.6) is 5.75 Å². The highest BCUT2D eigenvalue weighted by atomic mass is 16.5. The molecule has 0 radical (unpaired) electrons. The molecule has 2 aromatic rings. The molecular formula is C25H24N2O3. The number of amides is 1. The summed E-state index contributed by atoms with van der Waals surface area (Å²) in [5.41, 5.74) is 2.68. The summed E-state index contributed by atoms with van der Waals surface area (Å²) in [6, 6.07) is 16.7. The molecule has 2 aliphatic rings. The van der Waals surface area contributed by atoms with Crippen LogP contribution in [0.25, 0.3) is 0 Å². The molecule has 152 valence electrons. The number of benzene rings is 2. The van der Waals surface area contributed by atoms with Crippen LogP contribution in [0.15, 0.2) is 48.5 Å². The van der Waals surface area contributed by atoms with E-state index >= 15 is 0 Å². The van der Waals surface area contributed by atoms with Crippen molar-refractivity contribution in [1.82, 2.24) is 4.90 Å². The molecule has 0 bridgehead atoms. The third-order valence-corrected chi connectivity index (χ3v) is 6.16. The zero-order valence-corrected chi connectivity index (χ0v) is 16.9. The quantitative estimate of drug-likeness (QED) is 0.801. The average molecular weight is 400 g/mol. The van der Waals surface area contributed by atoms with Crippen LogP contribution in [-0.2, 0) is 4.79 Å². The molecule has 1 amide bonds. The van der Waals surface area contributed by atoms with Crippen LogP contribution >= 0.6 is 0 Å². The van der Waals surface area contributed by atoms with Crippen molar-refractivity contribution in [2.24, 2.45) is 5.92 Å². The number of aliphatic hydroxyl groups is 1. The molecule has 1 N–H and O–H groups in total. The van der Waals surface area contributed by atoms with Gasteiger partial charge in [-0.3, -0.25) is 4.79 Å². The summed E-state index contributed by atoms with van der Waals surface area (Å²) in [4.78, 5) is 14.3. The van der Waals surface area contributed by atoms with Gasteiger partial charge in [0.1, 0.15) is 11.8 Å². The molecular weight excluding hydrogens is 376 g/mol. The smallest absolute Gasteiger partial charge is 0.227 e. The summed E-state index contributed by atoms with van der Waals surface area (Å²) in [7, 11) is 1.63. The molecule has 4 rings (SSSR count). The van der Waals surface area contributed by atoms with Crippen molar-refractivity contribution >= 4 is 5.91 Å². The zero-order valence-electron chi connectivity index (χ0n) is 16.9. The summed E-state index contributed by atoms with van der Waals surface area (Å²) >= 11 is 0. The van der Waals surface area contributed by atoms with Crippen molar-refractivity contribution < 1.29 is 14.6 Å². The Bertz CT molecular complexity index is 1020. The number of carbonyl (C=O) groups excluding carboxylic acids is 1. The first-order valence-electron chi connectivity index (χ1n) is 10.2. The molecule has 5 nitrogen and oxygen atoms in total. The fourth-order valence-electron chi connectivity index (χ4n) is 4.21. The summed E-state index contributed by atoms with van der Waals surface area (Å²) in [5, 5.41) is 19.6. The number of hydrogen-bond donors (Lipinski definition) is 1. The van der Waals surface area contributed by atoms with E-state index in [1.165, 1.54) is 0 Å². The topological polar surface area (TPSA) is 73.6 Å². The van der Waals surface area contributed by atoms with Crippen molar-refractivity contribution in [3.8, 4) is 23.7 Å². The monoisotopic (exact) mass is 400 g/mol. The lowest BCUT2D eigenvalue weighted by atomic mass is 9.73. The number of rotatable bonds is 4. The number of aliphatic hydroxyl groups excluding tert-OH is 1. The first kappa shape index (κ1) is 20.0.